The molecule has 2 atom stereocenters. The Balaban J connectivity index is 2.03. The van der Waals surface area contributed by atoms with E-state index in [1.165, 1.54) is 71.0 Å². The maximum atomic E-state index is 3.77. The molecule has 2 heteroatoms. The maximum Gasteiger partial charge on any atom is 0.00928 e. The first-order chi connectivity index (χ1) is 10.0. The van der Waals surface area contributed by atoms with Crippen LogP contribution in [0.5, 0.6) is 0 Å². The first-order valence-corrected chi connectivity index (χ1v) is 9.50. The number of piperidine rings is 1. The van der Waals surface area contributed by atoms with E-state index in [4.69, 9.17) is 0 Å². The summed E-state index contributed by atoms with van der Waals surface area (Å²) >= 11 is 0. The first kappa shape index (κ1) is 17.3. The monoisotopic (exact) mass is 294 g/mol. The summed E-state index contributed by atoms with van der Waals surface area (Å²) < 4.78 is 0. The van der Waals surface area contributed by atoms with Gasteiger partial charge in [0.25, 0.3) is 0 Å². The summed E-state index contributed by atoms with van der Waals surface area (Å²) in [7, 11) is 0. The van der Waals surface area contributed by atoms with Crippen molar-refractivity contribution in [2.24, 2.45) is 11.3 Å². The Kier molecular flexibility index (Phi) is 6.55. The van der Waals surface area contributed by atoms with E-state index >= 15 is 0 Å². The summed E-state index contributed by atoms with van der Waals surface area (Å²) in [6, 6.07) is 1.39. The summed E-state index contributed by atoms with van der Waals surface area (Å²) in [5.74, 6) is 0.875. The highest BCUT2D eigenvalue weighted by atomic mass is 15.2. The molecule has 1 aliphatic heterocycles. The lowest BCUT2D eigenvalue weighted by atomic mass is 9.78. The van der Waals surface area contributed by atoms with Gasteiger partial charge in [0.2, 0.25) is 0 Å². The predicted octanol–water partition coefficient (Wildman–Crippen LogP) is 4.45. The number of likely N-dealkylation sites (tertiary alicyclic amines) is 1. The molecule has 2 rings (SSSR count). The fourth-order valence-corrected chi connectivity index (χ4v) is 4.36. The molecule has 1 N–H and O–H groups in total. The van der Waals surface area contributed by atoms with Crippen LogP contribution in [0.1, 0.15) is 79.1 Å². The Hall–Kier alpha value is -0.0800. The minimum atomic E-state index is 0.534. The summed E-state index contributed by atoms with van der Waals surface area (Å²) in [6.45, 7) is 13.4. The fourth-order valence-electron chi connectivity index (χ4n) is 4.36. The maximum absolute atomic E-state index is 3.77. The van der Waals surface area contributed by atoms with Crippen LogP contribution in [0.3, 0.4) is 0 Å². The highest BCUT2D eigenvalue weighted by Crippen LogP contribution is 2.37. The number of hydrogen-bond acceptors (Lipinski definition) is 2. The van der Waals surface area contributed by atoms with Crippen molar-refractivity contribution < 1.29 is 0 Å². The van der Waals surface area contributed by atoms with Crippen molar-refractivity contribution in [3.05, 3.63) is 0 Å². The third-order valence-corrected chi connectivity index (χ3v) is 6.09. The zero-order valence-electron chi connectivity index (χ0n) is 15.0. The number of nitrogens with one attached hydrogen (secondary N) is 1. The van der Waals surface area contributed by atoms with E-state index in [-0.39, 0.29) is 0 Å². The fraction of sp³-hybridized carbons (Fsp3) is 1.00. The lowest BCUT2D eigenvalue weighted by molar-refractivity contribution is 0.0498. The molecule has 2 unspecified atom stereocenters. The number of hydrogen-bond donors (Lipinski definition) is 1. The average molecular weight is 295 g/mol. The Bertz CT molecular complexity index is 292. The van der Waals surface area contributed by atoms with Crippen LogP contribution in [-0.4, -0.2) is 36.6 Å². The molecule has 1 aliphatic carbocycles. The highest BCUT2D eigenvalue weighted by molar-refractivity contribution is 4.90. The molecule has 0 bridgehead atoms. The van der Waals surface area contributed by atoms with Gasteiger partial charge < -0.3 is 5.32 Å². The van der Waals surface area contributed by atoms with Gasteiger partial charge in [-0.1, -0.05) is 46.5 Å². The summed E-state index contributed by atoms with van der Waals surface area (Å²) in [4.78, 5) is 2.82. The molecule has 2 aliphatic rings. The van der Waals surface area contributed by atoms with Crippen molar-refractivity contribution in [1.29, 1.82) is 0 Å². The molecule has 2 fully saturated rings. The van der Waals surface area contributed by atoms with Crippen LogP contribution in [0.15, 0.2) is 0 Å². The molecule has 0 aromatic carbocycles. The third kappa shape index (κ3) is 4.96. The van der Waals surface area contributed by atoms with Gasteiger partial charge >= 0.3 is 0 Å². The molecular formula is C19H38N2. The van der Waals surface area contributed by atoms with Crippen molar-refractivity contribution in [1.82, 2.24) is 10.2 Å². The minimum absolute atomic E-state index is 0.534. The SMILES string of the molecule is CC(C)NCC1(CN2CCCC(C)C2C)CCCCCC1. The van der Waals surface area contributed by atoms with E-state index in [0.717, 1.165) is 12.0 Å². The second-order valence-electron chi connectivity index (χ2n) is 8.28. The van der Waals surface area contributed by atoms with Crippen molar-refractivity contribution >= 4 is 0 Å². The molecule has 0 aromatic rings. The molecule has 0 spiro atoms. The Morgan fingerprint density at radius 2 is 1.71 bits per heavy atom. The molecule has 1 saturated heterocycles. The van der Waals surface area contributed by atoms with Gasteiger partial charge in [0.05, 0.1) is 0 Å². The van der Waals surface area contributed by atoms with Crippen molar-refractivity contribution in [3.63, 3.8) is 0 Å². The summed E-state index contributed by atoms with van der Waals surface area (Å²) in [5.41, 5.74) is 0.534. The molecule has 0 amide bonds. The molecular weight excluding hydrogens is 256 g/mol. The van der Waals surface area contributed by atoms with Gasteiger partial charge in [0, 0.05) is 25.2 Å². The van der Waals surface area contributed by atoms with E-state index in [1.807, 2.05) is 0 Å². The largest absolute Gasteiger partial charge is 0.314 e. The van der Waals surface area contributed by atoms with Crippen molar-refractivity contribution in [3.8, 4) is 0 Å². The van der Waals surface area contributed by atoms with E-state index in [0.29, 0.717) is 11.5 Å². The van der Waals surface area contributed by atoms with Gasteiger partial charge in [0.15, 0.2) is 0 Å². The molecule has 1 saturated carbocycles. The highest BCUT2D eigenvalue weighted by Gasteiger charge is 2.36. The number of rotatable bonds is 5. The van der Waals surface area contributed by atoms with Gasteiger partial charge in [-0.3, -0.25) is 4.90 Å². The molecule has 0 radical (unpaired) electrons. The normalized spacial score (nSPS) is 31.3. The van der Waals surface area contributed by atoms with Gasteiger partial charge in [0.1, 0.15) is 0 Å². The standard InChI is InChI=1S/C19H38N2/c1-16(2)20-14-19(11-7-5-6-8-12-19)15-21-13-9-10-17(3)18(21)4/h16-18,20H,5-15H2,1-4H3. The van der Waals surface area contributed by atoms with Gasteiger partial charge in [-0.25, -0.2) is 0 Å². The lowest BCUT2D eigenvalue weighted by Crippen LogP contribution is -2.51. The van der Waals surface area contributed by atoms with Crippen LogP contribution in [-0.2, 0) is 0 Å². The van der Waals surface area contributed by atoms with Crippen LogP contribution in [0, 0.1) is 11.3 Å². The van der Waals surface area contributed by atoms with E-state index in [1.54, 1.807) is 0 Å². The minimum Gasteiger partial charge on any atom is -0.314 e. The third-order valence-electron chi connectivity index (χ3n) is 6.09. The summed E-state index contributed by atoms with van der Waals surface area (Å²) in [5, 5.41) is 3.77. The molecule has 124 valence electrons. The van der Waals surface area contributed by atoms with E-state index < -0.39 is 0 Å². The second-order valence-corrected chi connectivity index (χ2v) is 8.28. The van der Waals surface area contributed by atoms with E-state index in [2.05, 4.69) is 37.9 Å². The van der Waals surface area contributed by atoms with Gasteiger partial charge in [-0.15, -0.1) is 0 Å². The molecule has 1 heterocycles. The zero-order valence-corrected chi connectivity index (χ0v) is 15.0. The van der Waals surface area contributed by atoms with Gasteiger partial charge in [-0.05, 0) is 50.5 Å². The second kappa shape index (κ2) is 7.97. The van der Waals surface area contributed by atoms with E-state index in [9.17, 15) is 0 Å². The first-order valence-electron chi connectivity index (χ1n) is 9.50. The quantitative estimate of drug-likeness (QED) is 0.754. The molecule has 21 heavy (non-hydrogen) atoms. The van der Waals surface area contributed by atoms with Crippen LogP contribution < -0.4 is 5.32 Å². The van der Waals surface area contributed by atoms with Crippen LogP contribution in [0.25, 0.3) is 0 Å². The lowest BCUT2D eigenvalue weighted by Gasteiger charge is -2.45. The van der Waals surface area contributed by atoms with Crippen LogP contribution in [0.4, 0.5) is 0 Å². The van der Waals surface area contributed by atoms with Crippen molar-refractivity contribution in [2.75, 3.05) is 19.6 Å². The zero-order chi connectivity index (χ0) is 15.3. The molecule has 0 aromatic heterocycles. The smallest absolute Gasteiger partial charge is 0.00928 e. The number of nitrogens with zero attached hydrogens (tertiary/aromatic N) is 1. The summed E-state index contributed by atoms with van der Waals surface area (Å²) in [6.07, 6.45) is 11.5. The van der Waals surface area contributed by atoms with Gasteiger partial charge in [-0.2, -0.15) is 0 Å². The van der Waals surface area contributed by atoms with Crippen LogP contribution in [0.2, 0.25) is 0 Å². The molecule has 2 nitrogen and oxygen atoms in total. The predicted molar refractivity (Wildman–Crippen MR) is 92.7 cm³/mol. The average Bonchev–Trinajstić information content (AvgIpc) is 2.68. The Morgan fingerprint density at radius 3 is 2.33 bits per heavy atom. The Morgan fingerprint density at radius 1 is 1.05 bits per heavy atom. The topological polar surface area (TPSA) is 15.3 Å². The van der Waals surface area contributed by atoms with Crippen molar-refractivity contribution in [2.45, 2.75) is 91.1 Å². The van der Waals surface area contributed by atoms with Crippen LogP contribution >= 0.6 is 0 Å². The Labute approximate surface area is 133 Å².